The molecular formula is C47H61N7O11. The van der Waals surface area contributed by atoms with Crippen molar-refractivity contribution in [3.05, 3.63) is 101 Å². The van der Waals surface area contributed by atoms with E-state index in [9.17, 15) is 24.0 Å². The summed E-state index contributed by atoms with van der Waals surface area (Å²) in [5.74, 6) is -1.60. The van der Waals surface area contributed by atoms with Gasteiger partial charge in [-0.25, -0.2) is 9.78 Å². The molecule has 350 valence electrons. The molecule has 0 bridgehead atoms. The van der Waals surface area contributed by atoms with Gasteiger partial charge in [-0.3, -0.25) is 24.1 Å². The van der Waals surface area contributed by atoms with Crippen molar-refractivity contribution in [1.29, 1.82) is 0 Å². The highest BCUT2D eigenvalue weighted by atomic mass is 16.6. The number of pyridine rings is 1. The van der Waals surface area contributed by atoms with E-state index in [2.05, 4.69) is 31.1 Å². The average Bonchev–Trinajstić information content (AvgIpc) is 4.00. The molecule has 1 aliphatic rings. The highest BCUT2D eigenvalue weighted by molar-refractivity contribution is 6.02. The van der Waals surface area contributed by atoms with E-state index in [1.54, 1.807) is 41.5 Å². The van der Waals surface area contributed by atoms with Crippen LogP contribution >= 0.6 is 0 Å². The molecule has 5 rings (SSSR count). The highest BCUT2D eigenvalue weighted by Crippen LogP contribution is 2.38. The Balaban J connectivity index is 1.35. The maximum absolute atomic E-state index is 14.3. The maximum Gasteiger partial charge on any atom is 0.410 e. The molecule has 0 spiro atoms. The number of esters is 1. The number of carbonyl (C=O) groups excluding carboxylic acids is 5. The van der Waals surface area contributed by atoms with Gasteiger partial charge in [-0.05, 0) is 78.0 Å². The molecule has 65 heavy (non-hydrogen) atoms. The van der Waals surface area contributed by atoms with E-state index < -0.39 is 65.5 Å². The second-order valence-electron chi connectivity index (χ2n) is 17.7. The van der Waals surface area contributed by atoms with Crippen LogP contribution in [-0.2, 0) is 48.0 Å². The molecule has 1 saturated carbocycles. The summed E-state index contributed by atoms with van der Waals surface area (Å²) in [6.07, 6.45) is 2.68. The normalized spacial score (nSPS) is 14.0. The van der Waals surface area contributed by atoms with Crippen LogP contribution in [-0.4, -0.2) is 113 Å². The molecule has 2 aromatic carbocycles. The first-order chi connectivity index (χ1) is 30.9. The molecule has 18 nitrogen and oxygen atoms in total. The molecule has 3 atom stereocenters. The van der Waals surface area contributed by atoms with Crippen molar-refractivity contribution in [3.63, 3.8) is 0 Å². The van der Waals surface area contributed by atoms with Gasteiger partial charge >= 0.3 is 12.1 Å². The lowest BCUT2D eigenvalue weighted by molar-refractivity contribution is -0.156. The smallest absolute Gasteiger partial charge is 0.410 e. The van der Waals surface area contributed by atoms with E-state index in [1.807, 2.05) is 60.7 Å². The van der Waals surface area contributed by atoms with Crippen molar-refractivity contribution in [2.24, 2.45) is 0 Å². The molecule has 0 aliphatic heterocycles. The number of methoxy groups -OCH3 is 1. The van der Waals surface area contributed by atoms with Gasteiger partial charge in [0.2, 0.25) is 23.6 Å². The Morgan fingerprint density at radius 3 is 2.14 bits per heavy atom. The van der Waals surface area contributed by atoms with E-state index in [0.29, 0.717) is 17.6 Å². The Labute approximate surface area is 379 Å². The summed E-state index contributed by atoms with van der Waals surface area (Å²) in [6, 6.07) is 17.0. The fraction of sp³-hybridized carbons (Fsp3) is 0.489. The lowest BCUT2D eigenvalue weighted by atomic mass is 10.1. The molecule has 2 aromatic heterocycles. The van der Waals surface area contributed by atoms with E-state index in [4.69, 9.17) is 28.2 Å². The molecular weight excluding hydrogens is 839 g/mol. The van der Waals surface area contributed by atoms with Crippen LogP contribution in [0.1, 0.15) is 99.9 Å². The van der Waals surface area contributed by atoms with Gasteiger partial charge in [-0.15, -0.1) is 0 Å². The zero-order valence-electron chi connectivity index (χ0n) is 38.4. The molecule has 1 aliphatic carbocycles. The van der Waals surface area contributed by atoms with Gasteiger partial charge in [-0.1, -0.05) is 65.8 Å². The number of hydrogen-bond donors (Lipinski definition) is 3. The Kier molecular flexibility index (Phi) is 17.4. The zero-order chi connectivity index (χ0) is 47.1. The van der Waals surface area contributed by atoms with Crippen LogP contribution in [0.4, 0.5) is 4.79 Å². The zero-order valence-corrected chi connectivity index (χ0v) is 38.4. The number of ether oxygens (including phenoxy) is 5. The third-order valence-electron chi connectivity index (χ3n) is 9.73. The minimum atomic E-state index is -1.40. The summed E-state index contributed by atoms with van der Waals surface area (Å²) in [7, 11) is 2.79. The number of benzene rings is 2. The second-order valence-corrected chi connectivity index (χ2v) is 17.7. The van der Waals surface area contributed by atoms with Gasteiger partial charge in [0.05, 0.1) is 32.8 Å². The highest BCUT2D eigenvalue weighted by Gasteiger charge is 2.34. The Morgan fingerprint density at radius 1 is 0.846 bits per heavy atom. The first-order valence-corrected chi connectivity index (χ1v) is 21.6. The van der Waals surface area contributed by atoms with Gasteiger partial charge in [0.15, 0.2) is 5.82 Å². The molecule has 4 amide bonds. The van der Waals surface area contributed by atoms with Crippen molar-refractivity contribution in [3.8, 4) is 11.6 Å². The predicted octanol–water partition coefficient (Wildman–Crippen LogP) is 5.10. The first kappa shape index (κ1) is 49.5. The van der Waals surface area contributed by atoms with Crippen LogP contribution in [0, 0.1) is 0 Å². The summed E-state index contributed by atoms with van der Waals surface area (Å²) in [5.41, 5.74) is -0.113. The molecule has 1 fully saturated rings. The minimum absolute atomic E-state index is 0.00886. The number of amides is 4. The SMILES string of the molecule is COc1nccc(OC[C@@H](Cc2ccccc2)NC(=O)C(COCc2ccccc2)N(C)C(=O)OC(C)(C)C)c1C(=O)N[C@@H](CC(=O)OC(C)(C)C)C(=O)NCCc1nc(C2CC2)no1. The molecule has 1 unspecified atom stereocenters. The molecule has 4 aromatic rings. The maximum atomic E-state index is 14.3. The van der Waals surface area contributed by atoms with Crippen molar-refractivity contribution >= 4 is 29.8 Å². The summed E-state index contributed by atoms with van der Waals surface area (Å²) >= 11 is 0. The van der Waals surface area contributed by atoms with Crippen LogP contribution in [0.15, 0.2) is 77.4 Å². The van der Waals surface area contributed by atoms with E-state index >= 15 is 0 Å². The number of carbonyl (C=O) groups is 5. The molecule has 0 radical (unpaired) electrons. The van der Waals surface area contributed by atoms with Crippen LogP contribution in [0.2, 0.25) is 0 Å². The number of nitrogens with one attached hydrogen (secondary N) is 3. The molecule has 3 N–H and O–H groups in total. The summed E-state index contributed by atoms with van der Waals surface area (Å²) < 4.78 is 34.2. The summed E-state index contributed by atoms with van der Waals surface area (Å²) in [6.45, 7) is 10.2. The standard InChI is InChI=1S/C47H61N7O11/c1-46(2,3)63-38(55)26-34(41(56)48-24-22-37-52-40(53-65-37)32-19-20-32)51-43(58)39-36(21-23-49-44(39)60-8)62-28-33(25-30-15-11-9-12-16-30)50-42(57)35(54(7)45(59)64-47(4,5)6)29-61-27-31-17-13-10-14-18-31/h9-18,21,23,32-35H,19-20,22,24-29H2,1-8H3,(H,48,56)(H,50,57)(H,51,58)/t33-,34+,35?/m1/s1. The van der Waals surface area contributed by atoms with Gasteiger partial charge < -0.3 is 44.2 Å². The van der Waals surface area contributed by atoms with E-state index in [1.165, 1.54) is 31.3 Å². The second kappa shape index (κ2) is 22.9. The number of aromatic nitrogens is 3. The molecule has 0 saturated heterocycles. The minimum Gasteiger partial charge on any atom is -0.490 e. The third-order valence-corrected chi connectivity index (χ3v) is 9.73. The number of nitrogens with zero attached hydrogens (tertiary/aromatic N) is 4. The van der Waals surface area contributed by atoms with Crippen LogP contribution in [0.3, 0.4) is 0 Å². The van der Waals surface area contributed by atoms with Crippen molar-refractivity contribution in [2.75, 3.05) is 33.9 Å². The first-order valence-electron chi connectivity index (χ1n) is 21.6. The molecule has 2 heterocycles. The van der Waals surface area contributed by atoms with Crippen LogP contribution < -0.4 is 25.4 Å². The lowest BCUT2D eigenvalue weighted by Crippen LogP contribution is -2.54. The average molecular weight is 900 g/mol. The topological polar surface area (TPSA) is 223 Å². The van der Waals surface area contributed by atoms with Crippen molar-refractivity contribution in [2.45, 2.75) is 115 Å². The number of likely N-dealkylation sites (N-methyl/N-ethyl adjacent to an activating group) is 1. The fourth-order valence-electron chi connectivity index (χ4n) is 6.42. The Morgan fingerprint density at radius 2 is 1.51 bits per heavy atom. The quantitative estimate of drug-likeness (QED) is 0.0874. The van der Waals surface area contributed by atoms with E-state index in [0.717, 1.165) is 24.0 Å². The molecule has 18 heteroatoms. The van der Waals surface area contributed by atoms with Gasteiger partial charge in [-0.2, -0.15) is 4.98 Å². The van der Waals surface area contributed by atoms with Gasteiger partial charge in [0, 0.05) is 32.1 Å². The van der Waals surface area contributed by atoms with Gasteiger partial charge in [0.1, 0.15) is 41.2 Å². The number of rotatable bonds is 22. The van der Waals surface area contributed by atoms with E-state index in [-0.39, 0.29) is 56.4 Å². The van der Waals surface area contributed by atoms with Crippen LogP contribution in [0.25, 0.3) is 0 Å². The Bertz CT molecular complexity index is 2200. The van der Waals surface area contributed by atoms with Crippen molar-refractivity contribution < 1.29 is 52.2 Å². The summed E-state index contributed by atoms with van der Waals surface area (Å²) in [5, 5.41) is 12.4. The Hall–Kier alpha value is -6.56. The lowest BCUT2D eigenvalue weighted by Gasteiger charge is -2.31. The monoisotopic (exact) mass is 899 g/mol. The third kappa shape index (κ3) is 16.2. The van der Waals surface area contributed by atoms with Gasteiger partial charge in [0.25, 0.3) is 5.91 Å². The largest absolute Gasteiger partial charge is 0.490 e. The van der Waals surface area contributed by atoms with Crippen LogP contribution in [0.5, 0.6) is 11.6 Å². The van der Waals surface area contributed by atoms with Crippen molar-refractivity contribution in [1.82, 2.24) is 36.0 Å². The summed E-state index contributed by atoms with van der Waals surface area (Å²) in [4.78, 5) is 78.3. The predicted molar refractivity (Wildman–Crippen MR) is 237 cm³/mol. The number of hydrogen-bond acceptors (Lipinski definition) is 14. The fourth-order valence-corrected chi connectivity index (χ4v) is 6.42.